The molecule has 0 aliphatic heterocycles. The molecule has 6 heteroatoms. The third kappa shape index (κ3) is 4.98. The van der Waals surface area contributed by atoms with Gasteiger partial charge in [-0.15, -0.1) is 5.10 Å². The maximum Gasteiger partial charge on any atom is 0.244 e. The van der Waals surface area contributed by atoms with E-state index >= 15 is 0 Å². The molecule has 0 spiro atoms. The van der Waals surface area contributed by atoms with Gasteiger partial charge in [0.25, 0.3) is 0 Å². The lowest BCUT2D eigenvalue weighted by Gasteiger charge is -2.20. The Balaban J connectivity index is 1.92. The first-order chi connectivity index (χ1) is 9.94. The smallest absolute Gasteiger partial charge is 0.244 e. The molecular formula is C15H20FN5. The number of hydrogen-bond donors (Lipinski definition) is 2. The maximum absolute atomic E-state index is 13.5. The Kier molecular flexibility index (Phi) is 4.67. The minimum atomic E-state index is -0.193. The minimum Gasteiger partial charge on any atom is -0.364 e. The number of aromatic nitrogens is 3. The van der Waals surface area contributed by atoms with E-state index in [4.69, 9.17) is 0 Å². The fourth-order valence-corrected chi connectivity index (χ4v) is 1.83. The quantitative estimate of drug-likeness (QED) is 0.886. The first-order valence-electron chi connectivity index (χ1n) is 6.89. The summed E-state index contributed by atoms with van der Waals surface area (Å²) in [5.41, 5.74) is 0.572. The predicted molar refractivity (Wildman–Crippen MR) is 81.8 cm³/mol. The summed E-state index contributed by atoms with van der Waals surface area (Å²) in [6, 6.07) is 6.74. The molecule has 0 unspecified atom stereocenters. The highest BCUT2D eigenvalue weighted by Gasteiger charge is 2.11. The second-order valence-corrected chi connectivity index (χ2v) is 5.81. The van der Waals surface area contributed by atoms with Crippen LogP contribution in [0.4, 0.5) is 16.2 Å². The molecule has 5 nitrogen and oxygen atoms in total. The molecular weight excluding hydrogens is 269 g/mol. The maximum atomic E-state index is 13.5. The number of hydrogen-bond acceptors (Lipinski definition) is 5. The van der Waals surface area contributed by atoms with Gasteiger partial charge in [-0.1, -0.05) is 18.2 Å². The molecule has 0 amide bonds. The molecule has 0 saturated carbocycles. The van der Waals surface area contributed by atoms with Crippen LogP contribution in [0, 0.1) is 5.82 Å². The fourth-order valence-electron chi connectivity index (χ4n) is 1.83. The molecule has 2 aromatic rings. The van der Waals surface area contributed by atoms with Gasteiger partial charge in [0.2, 0.25) is 5.95 Å². The van der Waals surface area contributed by atoms with Gasteiger partial charge in [0, 0.05) is 12.1 Å². The standard InChI is InChI=1S/C15H20FN5/c1-15(2,3)20-13-10-18-21-14(19-13)17-9-8-11-6-4-5-7-12(11)16/h4-7,10H,8-9H2,1-3H3,(H2,17,19,20,21). The minimum absolute atomic E-state index is 0.0968. The van der Waals surface area contributed by atoms with Gasteiger partial charge in [0.05, 0.1) is 6.20 Å². The molecule has 0 fully saturated rings. The van der Waals surface area contributed by atoms with Gasteiger partial charge in [-0.2, -0.15) is 10.1 Å². The lowest BCUT2D eigenvalue weighted by atomic mass is 10.1. The molecule has 2 N–H and O–H groups in total. The Morgan fingerprint density at radius 1 is 1.19 bits per heavy atom. The van der Waals surface area contributed by atoms with Crippen LogP contribution in [0.1, 0.15) is 26.3 Å². The first kappa shape index (κ1) is 15.2. The molecule has 1 aromatic heterocycles. The number of nitrogens with one attached hydrogen (secondary N) is 2. The number of nitrogens with zero attached hydrogens (tertiary/aromatic N) is 3. The molecule has 1 heterocycles. The second kappa shape index (κ2) is 6.47. The van der Waals surface area contributed by atoms with Crippen LogP contribution < -0.4 is 10.6 Å². The Morgan fingerprint density at radius 3 is 2.67 bits per heavy atom. The molecule has 0 atom stereocenters. The molecule has 21 heavy (non-hydrogen) atoms. The van der Waals surface area contributed by atoms with Crippen molar-refractivity contribution in [2.24, 2.45) is 0 Å². The van der Waals surface area contributed by atoms with E-state index in [1.54, 1.807) is 18.3 Å². The average Bonchev–Trinajstić information content (AvgIpc) is 2.39. The number of halogens is 1. The van der Waals surface area contributed by atoms with Gasteiger partial charge < -0.3 is 10.6 Å². The summed E-state index contributed by atoms with van der Waals surface area (Å²) < 4.78 is 13.5. The van der Waals surface area contributed by atoms with E-state index in [0.717, 1.165) is 0 Å². The number of benzene rings is 1. The van der Waals surface area contributed by atoms with Crippen molar-refractivity contribution in [2.75, 3.05) is 17.2 Å². The van der Waals surface area contributed by atoms with Crippen molar-refractivity contribution < 1.29 is 4.39 Å². The van der Waals surface area contributed by atoms with Gasteiger partial charge in [0.15, 0.2) is 5.82 Å². The van der Waals surface area contributed by atoms with Crippen molar-refractivity contribution >= 4 is 11.8 Å². The normalized spacial score (nSPS) is 11.2. The Labute approximate surface area is 124 Å². The van der Waals surface area contributed by atoms with Gasteiger partial charge in [-0.25, -0.2) is 4.39 Å². The zero-order chi connectivity index (χ0) is 15.3. The number of rotatable bonds is 5. The Hall–Kier alpha value is -2.24. The summed E-state index contributed by atoms with van der Waals surface area (Å²) in [7, 11) is 0. The van der Waals surface area contributed by atoms with Crippen LogP contribution in [0.15, 0.2) is 30.5 Å². The van der Waals surface area contributed by atoms with Crippen molar-refractivity contribution in [3.63, 3.8) is 0 Å². The van der Waals surface area contributed by atoms with Crippen LogP contribution >= 0.6 is 0 Å². The van der Waals surface area contributed by atoms with Crippen molar-refractivity contribution in [1.29, 1.82) is 0 Å². The lowest BCUT2D eigenvalue weighted by molar-refractivity contribution is 0.610. The molecule has 2 rings (SSSR count). The van der Waals surface area contributed by atoms with Crippen molar-refractivity contribution in [3.05, 3.63) is 41.8 Å². The second-order valence-electron chi connectivity index (χ2n) is 5.81. The van der Waals surface area contributed by atoms with E-state index in [9.17, 15) is 4.39 Å². The predicted octanol–water partition coefficient (Wildman–Crippen LogP) is 2.88. The van der Waals surface area contributed by atoms with Crippen LogP contribution in [-0.4, -0.2) is 27.3 Å². The monoisotopic (exact) mass is 289 g/mol. The highest BCUT2D eigenvalue weighted by atomic mass is 19.1. The van der Waals surface area contributed by atoms with Crippen molar-refractivity contribution in [1.82, 2.24) is 15.2 Å². The highest BCUT2D eigenvalue weighted by Crippen LogP contribution is 2.12. The van der Waals surface area contributed by atoms with Gasteiger partial charge >= 0.3 is 0 Å². The van der Waals surface area contributed by atoms with E-state index in [1.807, 2.05) is 26.8 Å². The lowest BCUT2D eigenvalue weighted by Crippen LogP contribution is -2.27. The third-order valence-electron chi connectivity index (χ3n) is 2.70. The molecule has 0 saturated heterocycles. The summed E-state index contributed by atoms with van der Waals surface area (Å²) in [5.74, 6) is 0.896. The van der Waals surface area contributed by atoms with Crippen LogP contribution in [0.25, 0.3) is 0 Å². The molecule has 1 aromatic carbocycles. The van der Waals surface area contributed by atoms with E-state index in [0.29, 0.717) is 30.3 Å². The van der Waals surface area contributed by atoms with Gasteiger partial charge in [-0.05, 0) is 38.8 Å². The summed E-state index contributed by atoms with van der Waals surface area (Å²) in [5, 5.41) is 14.1. The summed E-state index contributed by atoms with van der Waals surface area (Å²) in [4.78, 5) is 4.32. The van der Waals surface area contributed by atoms with Crippen LogP contribution in [0.5, 0.6) is 0 Å². The van der Waals surface area contributed by atoms with E-state index in [1.165, 1.54) is 6.07 Å². The highest BCUT2D eigenvalue weighted by molar-refractivity contribution is 5.39. The van der Waals surface area contributed by atoms with Crippen LogP contribution in [0.3, 0.4) is 0 Å². The zero-order valence-corrected chi connectivity index (χ0v) is 12.5. The van der Waals surface area contributed by atoms with Gasteiger partial charge in [0.1, 0.15) is 5.82 Å². The zero-order valence-electron chi connectivity index (χ0n) is 12.5. The van der Waals surface area contributed by atoms with Crippen molar-refractivity contribution in [3.8, 4) is 0 Å². The van der Waals surface area contributed by atoms with E-state index < -0.39 is 0 Å². The third-order valence-corrected chi connectivity index (χ3v) is 2.70. The van der Waals surface area contributed by atoms with Crippen LogP contribution in [-0.2, 0) is 6.42 Å². The number of anilines is 2. The topological polar surface area (TPSA) is 62.7 Å². The molecule has 0 aliphatic carbocycles. The Bertz CT molecular complexity index is 595. The Morgan fingerprint density at radius 2 is 1.95 bits per heavy atom. The average molecular weight is 289 g/mol. The summed E-state index contributed by atoms with van der Waals surface area (Å²) in [6.07, 6.45) is 2.14. The van der Waals surface area contributed by atoms with Crippen LogP contribution in [0.2, 0.25) is 0 Å². The summed E-state index contributed by atoms with van der Waals surface area (Å²) >= 11 is 0. The molecule has 0 aliphatic rings. The molecule has 0 radical (unpaired) electrons. The molecule has 112 valence electrons. The van der Waals surface area contributed by atoms with Gasteiger partial charge in [-0.3, -0.25) is 0 Å². The van der Waals surface area contributed by atoms with Crippen molar-refractivity contribution in [2.45, 2.75) is 32.7 Å². The first-order valence-corrected chi connectivity index (χ1v) is 6.89. The fraction of sp³-hybridized carbons (Fsp3) is 0.400. The van der Waals surface area contributed by atoms with E-state index in [2.05, 4.69) is 25.8 Å². The largest absolute Gasteiger partial charge is 0.364 e. The SMILES string of the molecule is CC(C)(C)Nc1cnnc(NCCc2ccccc2F)n1. The summed E-state index contributed by atoms with van der Waals surface area (Å²) in [6.45, 7) is 6.67. The molecule has 0 bridgehead atoms. The van der Waals surface area contributed by atoms with E-state index in [-0.39, 0.29) is 11.4 Å².